The molecule has 0 amide bonds. The first-order valence-electron chi connectivity index (χ1n) is 6.87. The Balaban J connectivity index is 1.84. The first-order valence-corrected chi connectivity index (χ1v) is 6.87. The van der Waals surface area contributed by atoms with Crippen LogP contribution in [0.15, 0.2) is 24.3 Å². The summed E-state index contributed by atoms with van der Waals surface area (Å²) >= 11 is 0. The standard InChI is InChI=1S/C15H18F3N/c1-19-14(13-11-6-3-7-12(11)13)9-4-2-5-10(8-9)15(16,17)18/h2,4-5,8,11-14,19H,3,6-7H2,1H3. The van der Waals surface area contributed by atoms with E-state index >= 15 is 0 Å². The van der Waals surface area contributed by atoms with Crippen LogP contribution in [0, 0.1) is 17.8 Å². The number of alkyl halides is 3. The largest absolute Gasteiger partial charge is 0.416 e. The van der Waals surface area contributed by atoms with Crippen molar-refractivity contribution in [3.63, 3.8) is 0 Å². The van der Waals surface area contributed by atoms with Crippen molar-refractivity contribution in [2.45, 2.75) is 31.5 Å². The highest BCUT2D eigenvalue weighted by molar-refractivity contribution is 5.30. The molecular weight excluding hydrogens is 251 g/mol. The highest BCUT2D eigenvalue weighted by Crippen LogP contribution is 2.62. The summed E-state index contributed by atoms with van der Waals surface area (Å²) in [6.07, 6.45) is -0.489. The quantitative estimate of drug-likeness (QED) is 0.874. The fourth-order valence-electron chi connectivity index (χ4n) is 3.86. The van der Waals surface area contributed by atoms with Crippen LogP contribution < -0.4 is 5.32 Å². The molecule has 0 radical (unpaired) electrons. The van der Waals surface area contributed by atoms with Crippen LogP contribution in [0.3, 0.4) is 0 Å². The van der Waals surface area contributed by atoms with Crippen LogP contribution in [-0.2, 0) is 6.18 Å². The van der Waals surface area contributed by atoms with Crippen molar-refractivity contribution >= 4 is 0 Å². The van der Waals surface area contributed by atoms with E-state index in [1.54, 1.807) is 0 Å². The number of hydrogen-bond donors (Lipinski definition) is 1. The average Bonchev–Trinajstić information content (AvgIpc) is 2.84. The molecule has 2 fully saturated rings. The van der Waals surface area contributed by atoms with Gasteiger partial charge in [0.15, 0.2) is 0 Å². The topological polar surface area (TPSA) is 12.0 Å². The third kappa shape index (κ3) is 2.27. The van der Waals surface area contributed by atoms with E-state index in [2.05, 4.69) is 5.32 Å². The van der Waals surface area contributed by atoms with Gasteiger partial charge in [0.1, 0.15) is 0 Å². The maximum atomic E-state index is 12.8. The summed E-state index contributed by atoms with van der Waals surface area (Å²) in [5, 5.41) is 3.22. The van der Waals surface area contributed by atoms with Gasteiger partial charge in [0.25, 0.3) is 0 Å². The summed E-state index contributed by atoms with van der Waals surface area (Å²) in [7, 11) is 1.85. The van der Waals surface area contributed by atoms with Gasteiger partial charge >= 0.3 is 6.18 Å². The number of rotatable bonds is 3. The van der Waals surface area contributed by atoms with E-state index in [-0.39, 0.29) is 6.04 Å². The highest BCUT2D eigenvalue weighted by Gasteiger charge is 2.55. The fraction of sp³-hybridized carbons (Fsp3) is 0.600. The molecule has 2 saturated carbocycles. The number of halogens is 3. The molecular formula is C15H18F3N. The zero-order valence-corrected chi connectivity index (χ0v) is 10.9. The highest BCUT2D eigenvalue weighted by atomic mass is 19.4. The van der Waals surface area contributed by atoms with Crippen LogP contribution in [0.25, 0.3) is 0 Å². The fourth-order valence-corrected chi connectivity index (χ4v) is 3.86. The molecule has 0 bridgehead atoms. The van der Waals surface area contributed by atoms with Crippen molar-refractivity contribution in [2.24, 2.45) is 17.8 Å². The van der Waals surface area contributed by atoms with E-state index < -0.39 is 11.7 Å². The molecule has 1 aromatic carbocycles. The number of nitrogens with one attached hydrogen (secondary N) is 1. The van der Waals surface area contributed by atoms with Crippen molar-refractivity contribution in [1.29, 1.82) is 0 Å². The van der Waals surface area contributed by atoms with E-state index in [0.29, 0.717) is 5.92 Å². The molecule has 1 aromatic rings. The van der Waals surface area contributed by atoms with Gasteiger partial charge in [0, 0.05) is 6.04 Å². The minimum absolute atomic E-state index is 0.0672. The van der Waals surface area contributed by atoms with Gasteiger partial charge in [-0.1, -0.05) is 18.6 Å². The van der Waals surface area contributed by atoms with Gasteiger partial charge in [0.2, 0.25) is 0 Å². The van der Waals surface area contributed by atoms with Gasteiger partial charge < -0.3 is 5.32 Å². The van der Waals surface area contributed by atoms with Gasteiger partial charge in [-0.05, 0) is 55.3 Å². The van der Waals surface area contributed by atoms with E-state index in [9.17, 15) is 13.2 Å². The van der Waals surface area contributed by atoms with E-state index in [0.717, 1.165) is 23.5 Å². The summed E-state index contributed by atoms with van der Waals surface area (Å²) < 4.78 is 38.3. The Morgan fingerprint density at radius 1 is 1.21 bits per heavy atom. The van der Waals surface area contributed by atoms with Gasteiger partial charge in [-0.25, -0.2) is 0 Å². The van der Waals surface area contributed by atoms with Crippen molar-refractivity contribution in [2.75, 3.05) is 7.05 Å². The number of fused-ring (bicyclic) bond motifs is 1. The molecule has 4 heteroatoms. The van der Waals surface area contributed by atoms with E-state index in [1.165, 1.54) is 31.4 Å². The molecule has 1 nitrogen and oxygen atoms in total. The molecule has 19 heavy (non-hydrogen) atoms. The molecule has 0 saturated heterocycles. The molecule has 3 unspecified atom stereocenters. The second-order valence-electron chi connectivity index (χ2n) is 5.73. The Hall–Kier alpha value is -1.03. The average molecular weight is 269 g/mol. The summed E-state index contributed by atoms with van der Waals surface area (Å²) in [5.74, 6) is 1.99. The van der Waals surface area contributed by atoms with Gasteiger partial charge in [-0.3, -0.25) is 0 Å². The smallest absolute Gasteiger partial charge is 0.313 e. The maximum Gasteiger partial charge on any atom is 0.416 e. The van der Waals surface area contributed by atoms with Crippen LogP contribution in [-0.4, -0.2) is 7.05 Å². The lowest BCUT2D eigenvalue weighted by molar-refractivity contribution is -0.137. The Morgan fingerprint density at radius 3 is 2.47 bits per heavy atom. The molecule has 2 aliphatic carbocycles. The second kappa shape index (κ2) is 4.51. The predicted octanol–water partition coefficient (Wildman–Crippen LogP) is 4.01. The normalized spacial score (nSPS) is 31.1. The summed E-state index contributed by atoms with van der Waals surface area (Å²) in [4.78, 5) is 0. The Morgan fingerprint density at radius 2 is 1.89 bits per heavy atom. The number of hydrogen-bond acceptors (Lipinski definition) is 1. The molecule has 0 heterocycles. The lowest BCUT2D eigenvalue weighted by atomic mass is 9.95. The summed E-state index contributed by atoms with van der Waals surface area (Å²) in [6, 6.07) is 5.84. The number of benzene rings is 1. The van der Waals surface area contributed by atoms with Crippen LogP contribution >= 0.6 is 0 Å². The lowest BCUT2D eigenvalue weighted by Crippen LogP contribution is -2.21. The van der Waals surface area contributed by atoms with Crippen LogP contribution in [0.2, 0.25) is 0 Å². The molecule has 0 aliphatic heterocycles. The summed E-state index contributed by atoms with van der Waals surface area (Å²) in [5.41, 5.74) is 0.229. The molecule has 0 aromatic heterocycles. The third-order valence-electron chi connectivity index (χ3n) is 4.74. The van der Waals surface area contributed by atoms with Crippen molar-refractivity contribution < 1.29 is 13.2 Å². The van der Waals surface area contributed by atoms with Gasteiger partial charge in [0.05, 0.1) is 5.56 Å². The Labute approximate surface area is 111 Å². The second-order valence-corrected chi connectivity index (χ2v) is 5.73. The van der Waals surface area contributed by atoms with Crippen molar-refractivity contribution in [3.05, 3.63) is 35.4 Å². The monoisotopic (exact) mass is 269 g/mol. The minimum atomic E-state index is -4.26. The Kier molecular flexibility index (Phi) is 3.08. The zero-order valence-electron chi connectivity index (χ0n) is 10.9. The molecule has 3 rings (SSSR count). The maximum absolute atomic E-state index is 12.8. The van der Waals surface area contributed by atoms with Crippen LogP contribution in [0.5, 0.6) is 0 Å². The van der Waals surface area contributed by atoms with Gasteiger partial charge in [-0.2, -0.15) is 13.2 Å². The molecule has 0 spiro atoms. The minimum Gasteiger partial charge on any atom is -0.313 e. The zero-order chi connectivity index (χ0) is 13.6. The molecule has 1 N–H and O–H groups in total. The first-order chi connectivity index (χ1) is 9.02. The van der Waals surface area contributed by atoms with E-state index in [1.807, 2.05) is 13.1 Å². The van der Waals surface area contributed by atoms with Gasteiger partial charge in [-0.15, -0.1) is 0 Å². The molecule has 104 valence electrons. The van der Waals surface area contributed by atoms with Crippen LogP contribution in [0.1, 0.15) is 36.4 Å². The predicted molar refractivity (Wildman–Crippen MR) is 67.6 cm³/mol. The third-order valence-corrected chi connectivity index (χ3v) is 4.74. The van der Waals surface area contributed by atoms with Crippen molar-refractivity contribution in [3.8, 4) is 0 Å². The lowest BCUT2D eigenvalue weighted by Gasteiger charge is -2.20. The first kappa shape index (κ1) is 13.0. The summed E-state index contributed by atoms with van der Waals surface area (Å²) in [6.45, 7) is 0. The van der Waals surface area contributed by atoms with E-state index in [4.69, 9.17) is 0 Å². The SMILES string of the molecule is CNC(c1cccc(C(F)(F)F)c1)C1C2CCCC21. The van der Waals surface area contributed by atoms with Crippen molar-refractivity contribution in [1.82, 2.24) is 5.32 Å². The van der Waals surface area contributed by atoms with Crippen LogP contribution in [0.4, 0.5) is 13.2 Å². The Bertz CT molecular complexity index is 459. The molecule has 2 aliphatic rings. The molecule has 3 atom stereocenters.